The Hall–Kier alpha value is -2.55. The number of thiophene rings is 1. The first-order valence-corrected chi connectivity index (χ1v) is 9.54. The fourth-order valence-electron chi connectivity index (χ4n) is 3.18. The minimum absolute atomic E-state index is 0.247. The molecule has 3 heterocycles. The van der Waals surface area contributed by atoms with Gasteiger partial charge in [-0.05, 0) is 31.3 Å². The molecule has 2 aliphatic heterocycles. The second kappa shape index (κ2) is 7.22. The fourth-order valence-corrected chi connectivity index (χ4v) is 4.10. The molecule has 4 rings (SSSR count). The van der Waals surface area contributed by atoms with Crippen molar-refractivity contribution < 1.29 is 19.2 Å². The number of rotatable bonds is 4. The number of hydroxylamine groups is 2. The zero-order valence-corrected chi connectivity index (χ0v) is 15.7. The van der Waals surface area contributed by atoms with Gasteiger partial charge in [-0.15, -0.1) is 11.3 Å². The van der Waals surface area contributed by atoms with Gasteiger partial charge in [-0.3, -0.25) is 14.5 Å². The van der Waals surface area contributed by atoms with Crippen LogP contribution in [0.25, 0.3) is 0 Å². The summed E-state index contributed by atoms with van der Waals surface area (Å²) in [5, 5.41) is 0.548. The molecular formula is C19H19N3O4S. The van der Waals surface area contributed by atoms with Gasteiger partial charge < -0.3 is 9.74 Å². The second-order valence-corrected chi connectivity index (χ2v) is 7.84. The van der Waals surface area contributed by atoms with Gasteiger partial charge in [0, 0.05) is 37.6 Å². The van der Waals surface area contributed by atoms with Crippen molar-refractivity contribution in [3.8, 4) is 0 Å². The van der Waals surface area contributed by atoms with Crippen molar-refractivity contribution >= 4 is 29.1 Å². The Balaban J connectivity index is 1.40. The molecule has 0 radical (unpaired) electrons. The number of hydrogen-bond acceptors (Lipinski definition) is 7. The van der Waals surface area contributed by atoms with Crippen LogP contribution in [0.3, 0.4) is 0 Å². The minimum Gasteiger partial charge on any atom is -0.323 e. The van der Waals surface area contributed by atoms with Gasteiger partial charge in [-0.25, -0.2) is 4.79 Å². The fraction of sp³-hybridized carbons (Fsp3) is 0.316. The van der Waals surface area contributed by atoms with E-state index in [9.17, 15) is 14.4 Å². The predicted octanol–water partition coefficient (Wildman–Crippen LogP) is 1.86. The molecule has 1 aromatic heterocycles. The normalized spacial score (nSPS) is 18.0. The Bertz CT molecular complexity index is 867. The molecule has 2 amide bonds. The van der Waals surface area contributed by atoms with Crippen LogP contribution in [0, 0.1) is 0 Å². The number of carbonyl (C=O) groups is 3. The molecule has 1 saturated heterocycles. The largest absolute Gasteiger partial charge is 0.373 e. The van der Waals surface area contributed by atoms with E-state index in [1.54, 1.807) is 30.3 Å². The van der Waals surface area contributed by atoms with E-state index in [0.29, 0.717) is 9.94 Å². The van der Waals surface area contributed by atoms with Crippen LogP contribution in [-0.2, 0) is 11.4 Å². The maximum atomic E-state index is 12.4. The highest BCUT2D eigenvalue weighted by Crippen LogP contribution is 2.25. The summed E-state index contributed by atoms with van der Waals surface area (Å²) in [4.78, 5) is 48.1. The first kappa shape index (κ1) is 17.8. The number of nitrogens with zero attached hydrogens (tertiary/aromatic N) is 3. The number of fused-ring (bicyclic) bond motifs is 1. The summed E-state index contributed by atoms with van der Waals surface area (Å²) in [7, 11) is 2.11. The first-order chi connectivity index (χ1) is 13.0. The SMILES string of the molecule is CN1CCN(Cc2ccc(C(=O)ON3C(=O)c4ccccc4C3=O)s2)CC1. The lowest BCUT2D eigenvalue weighted by molar-refractivity contribution is -0.0581. The van der Waals surface area contributed by atoms with Crippen molar-refractivity contribution in [1.29, 1.82) is 0 Å². The molecule has 0 unspecified atom stereocenters. The molecule has 0 N–H and O–H groups in total. The summed E-state index contributed by atoms with van der Waals surface area (Å²) in [6.07, 6.45) is 0. The Labute approximate surface area is 160 Å². The van der Waals surface area contributed by atoms with E-state index in [-0.39, 0.29) is 11.1 Å². The highest BCUT2D eigenvalue weighted by molar-refractivity contribution is 7.13. The lowest BCUT2D eigenvalue weighted by atomic mass is 10.1. The van der Waals surface area contributed by atoms with Crippen molar-refractivity contribution in [2.45, 2.75) is 6.54 Å². The van der Waals surface area contributed by atoms with Gasteiger partial charge in [0.05, 0.1) is 11.1 Å². The van der Waals surface area contributed by atoms with Crippen molar-refractivity contribution in [3.63, 3.8) is 0 Å². The van der Waals surface area contributed by atoms with Crippen molar-refractivity contribution in [2.75, 3.05) is 33.2 Å². The van der Waals surface area contributed by atoms with Gasteiger partial charge in [-0.2, -0.15) is 0 Å². The maximum Gasteiger partial charge on any atom is 0.373 e. The van der Waals surface area contributed by atoms with Crippen LogP contribution >= 0.6 is 11.3 Å². The van der Waals surface area contributed by atoms with Crippen LogP contribution in [0.4, 0.5) is 0 Å². The lowest BCUT2D eigenvalue weighted by Crippen LogP contribution is -2.43. The maximum absolute atomic E-state index is 12.4. The van der Waals surface area contributed by atoms with Crippen LogP contribution in [-0.4, -0.2) is 65.9 Å². The number of imide groups is 1. The van der Waals surface area contributed by atoms with Crippen molar-refractivity contribution in [3.05, 3.63) is 57.3 Å². The monoisotopic (exact) mass is 385 g/mol. The van der Waals surface area contributed by atoms with Gasteiger partial charge in [0.15, 0.2) is 0 Å². The van der Waals surface area contributed by atoms with E-state index in [4.69, 9.17) is 4.84 Å². The molecular weight excluding hydrogens is 366 g/mol. The molecule has 1 aromatic carbocycles. The summed E-state index contributed by atoms with van der Waals surface area (Å²) in [5.41, 5.74) is 0.495. The average Bonchev–Trinajstić information content (AvgIpc) is 3.23. The number of likely N-dealkylation sites (N-methyl/N-ethyl adjacent to an activating group) is 1. The summed E-state index contributed by atoms with van der Waals surface area (Å²) in [5.74, 6) is -1.92. The van der Waals surface area contributed by atoms with Gasteiger partial charge in [0.25, 0.3) is 11.8 Å². The van der Waals surface area contributed by atoms with Crippen LogP contribution in [0.2, 0.25) is 0 Å². The number of hydrogen-bond donors (Lipinski definition) is 0. The van der Waals surface area contributed by atoms with E-state index in [1.807, 2.05) is 6.07 Å². The summed E-state index contributed by atoms with van der Waals surface area (Å²) in [6.45, 7) is 4.81. The van der Waals surface area contributed by atoms with E-state index < -0.39 is 17.8 Å². The Kier molecular flexibility index (Phi) is 4.77. The molecule has 0 spiro atoms. The van der Waals surface area contributed by atoms with E-state index >= 15 is 0 Å². The molecule has 0 saturated carbocycles. The molecule has 140 valence electrons. The first-order valence-electron chi connectivity index (χ1n) is 8.72. The number of carbonyl (C=O) groups excluding carboxylic acids is 3. The summed E-state index contributed by atoms with van der Waals surface area (Å²) >= 11 is 1.33. The molecule has 27 heavy (non-hydrogen) atoms. The third-order valence-corrected chi connectivity index (χ3v) is 5.82. The topological polar surface area (TPSA) is 70.2 Å². The predicted molar refractivity (Wildman–Crippen MR) is 99.5 cm³/mol. The molecule has 7 nitrogen and oxygen atoms in total. The van der Waals surface area contributed by atoms with Crippen LogP contribution in [0.1, 0.15) is 35.3 Å². The smallest absolute Gasteiger partial charge is 0.323 e. The quantitative estimate of drug-likeness (QED) is 0.749. The van der Waals surface area contributed by atoms with Gasteiger partial charge >= 0.3 is 5.97 Å². The van der Waals surface area contributed by atoms with Crippen LogP contribution in [0.5, 0.6) is 0 Å². The Morgan fingerprint density at radius 2 is 1.63 bits per heavy atom. The molecule has 2 aliphatic rings. The van der Waals surface area contributed by atoms with Crippen LogP contribution in [0.15, 0.2) is 36.4 Å². The van der Waals surface area contributed by atoms with E-state index in [1.165, 1.54) is 11.3 Å². The van der Waals surface area contributed by atoms with Gasteiger partial charge in [0.2, 0.25) is 0 Å². The molecule has 0 atom stereocenters. The number of benzene rings is 1. The zero-order valence-electron chi connectivity index (χ0n) is 14.9. The number of amides is 2. The van der Waals surface area contributed by atoms with Crippen molar-refractivity contribution in [2.24, 2.45) is 0 Å². The highest BCUT2D eigenvalue weighted by Gasteiger charge is 2.39. The third-order valence-electron chi connectivity index (χ3n) is 4.77. The molecule has 8 heteroatoms. The summed E-state index contributed by atoms with van der Waals surface area (Å²) < 4.78 is 0. The number of piperazine rings is 1. The molecule has 1 fully saturated rings. The Morgan fingerprint density at radius 1 is 1.00 bits per heavy atom. The second-order valence-electron chi connectivity index (χ2n) is 6.67. The molecule has 0 aliphatic carbocycles. The molecule has 0 bridgehead atoms. The summed E-state index contributed by atoms with van der Waals surface area (Å²) in [6, 6.07) is 9.99. The van der Waals surface area contributed by atoms with Crippen molar-refractivity contribution in [1.82, 2.24) is 14.9 Å². The van der Waals surface area contributed by atoms with E-state index in [2.05, 4.69) is 16.8 Å². The lowest BCUT2D eigenvalue weighted by Gasteiger charge is -2.31. The third kappa shape index (κ3) is 3.51. The van der Waals surface area contributed by atoms with Gasteiger partial charge in [0.1, 0.15) is 4.88 Å². The van der Waals surface area contributed by atoms with Crippen LogP contribution < -0.4 is 0 Å². The van der Waals surface area contributed by atoms with Gasteiger partial charge in [-0.1, -0.05) is 17.2 Å². The minimum atomic E-state index is -0.695. The highest BCUT2D eigenvalue weighted by atomic mass is 32.1. The molecule has 2 aromatic rings. The average molecular weight is 385 g/mol. The standard InChI is InChI=1S/C19H19N3O4S/c1-20-8-10-21(11-9-20)12-13-6-7-16(27-13)19(25)26-22-17(23)14-4-2-3-5-15(14)18(22)24/h2-7H,8-12H2,1H3. The van der Waals surface area contributed by atoms with E-state index in [0.717, 1.165) is 37.6 Å². The Morgan fingerprint density at radius 3 is 2.26 bits per heavy atom. The zero-order chi connectivity index (χ0) is 19.0.